The summed E-state index contributed by atoms with van der Waals surface area (Å²) in [6.07, 6.45) is 1.41. The van der Waals surface area contributed by atoms with Crippen molar-refractivity contribution < 1.29 is 4.79 Å². The molecule has 0 aliphatic carbocycles. The summed E-state index contributed by atoms with van der Waals surface area (Å²) < 4.78 is 0. The van der Waals surface area contributed by atoms with Crippen LogP contribution in [0.4, 0.5) is 11.4 Å². The summed E-state index contributed by atoms with van der Waals surface area (Å²) in [4.78, 5) is 14.5. The highest BCUT2D eigenvalue weighted by Gasteiger charge is 2.12. The van der Waals surface area contributed by atoms with E-state index in [0.29, 0.717) is 5.69 Å². The molecule has 0 heterocycles. The zero-order chi connectivity index (χ0) is 18.9. The Labute approximate surface area is 162 Å². The number of para-hydroxylation sites is 2. The quantitative estimate of drug-likeness (QED) is 0.456. The van der Waals surface area contributed by atoms with E-state index in [2.05, 4.69) is 10.6 Å². The number of nitrogens with one attached hydrogen (secondary N) is 2. The molecule has 0 aromatic heterocycles. The van der Waals surface area contributed by atoms with Gasteiger partial charge < -0.3 is 10.6 Å². The zero-order valence-electron chi connectivity index (χ0n) is 14.4. The molecule has 132 valence electrons. The van der Waals surface area contributed by atoms with Gasteiger partial charge in [-0.05, 0) is 36.4 Å². The molecule has 0 aliphatic rings. The molecule has 0 saturated carbocycles. The fraction of sp³-hybridized carbons (Fsp3) is 0. The van der Waals surface area contributed by atoms with Crippen molar-refractivity contribution in [2.45, 2.75) is 9.79 Å². The van der Waals surface area contributed by atoms with Crippen LogP contribution in [0.5, 0.6) is 0 Å². The molecule has 0 radical (unpaired) electrons. The van der Waals surface area contributed by atoms with E-state index in [1.54, 1.807) is 11.8 Å². The van der Waals surface area contributed by atoms with Gasteiger partial charge in [-0.15, -0.1) is 0 Å². The number of hydrogen-bond acceptors (Lipinski definition) is 4. The summed E-state index contributed by atoms with van der Waals surface area (Å²) in [7, 11) is 0. The molecule has 3 aromatic rings. The summed E-state index contributed by atoms with van der Waals surface area (Å²) in [6, 6.07) is 28.7. The maximum absolute atomic E-state index is 12.5. The first-order valence-corrected chi connectivity index (χ1v) is 9.13. The lowest BCUT2D eigenvalue weighted by Gasteiger charge is -2.10. The van der Waals surface area contributed by atoms with E-state index in [1.807, 2.05) is 91.0 Å². The number of amides is 1. The number of benzene rings is 3. The first-order valence-electron chi connectivity index (χ1n) is 8.31. The molecular formula is C22H17N3OS. The van der Waals surface area contributed by atoms with Crippen molar-refractivity contribution in [3.8, 4) is 6.07 Å². The monoisotopic (exact) mass is 371 g/mol. The molecule has 0 fully saturated rings. The molecule has 3 rings (SSSR count). The molecule has 0 bridgehead atoms. The predicted octanol–water partition coefficient (Wildman–Crippen LogP) is 5.30. The number of carbonyl (C=O) groups excluding carboxylic acids is 1. The summed E-state index contributed by atoms with van der Waals surface area (Å²) in [5.41, 5.74) is 1.47. The van der Waals surface area contributed by atoms with E-state index < -0.39 is 5.91 Å². The van der Waals surface area contributed by atoms with Crippen LogP contribution in [0, 0.1) is 11.3 Å². The van der Waals surface area contributed by atoms with E-state index >= 15 is 0 Å². The summed E-state index contributed by atoms with van der Waals surface area (Å²) in [6.45, 7) is 0. The molecule has 5 heteroatoms. The molecule has 0 atom stereocenters. The van der Waals surface area contributed by atoms with Gasteiger partial charge in [0, 0.05) is 21.7 Å². The fourth-order valence-electron chi connectivity index (χ4n) is 2.30. The van der Waals surface area contributed by atoms with Gasteiger partial charge >= 0.3 is 0 Å². The molecular weight excluding hydrogens is 354 g/mol. The Bertz CT molecular complexity index is 979. The maximum Gasteiger partial charge on any atom is 0.267 e. The smallest absolute Gasteiger partial charge is 0.267 e. The van der Waals surface area contributed by atoms with E-state index in [-0.39, 0.29) is 5.57 Å². The molecule has 0 spiro atoms. The Morgan fingerprint density at radius 1 is 0.889 bits per heavy atom. The first kappa shape index (κ1) is 18.3. The minimum atomic E-state index is -0.456. The van der Waals surface area contributed by atoms with Crippen LogP contribution in [0.25, 0.3) is 0 Å². The van der Waals surface area contributed by atoms with E-state index in [1.165, 1.54) is 6.20 Å². The van der Waals surface area contributed by atoms with Crippen molar-refractivity contribution in [1.82, 2.24) is 0 Å². The van der Waals surface area contributed by atoms with Gasteiger partial charge in [-0.3, -0.25) is 4.79 Å². The van der Waals surface area contributed by atoms with Crippen LogP contribution in [-0.4, -0.2) is 5.91 Å². The Kier molecular flexibility index (Phi) is 6.29. The minimum Gasteiger partial charge on any atom is -0.360 e. The number of anilines is 2. The lowest BCUT2D eigenvalue weighted by Crippen LogP contribution is -2.15. The third kappa shape index (κ3) is 5.24. The number of nitriles is 1. The number of rotatable bonds is 6. The third-order valence-electron chi connectivity index (χ3n) is 3.63. The largest absolute Gasteiger partial charge is 0.360 e. The van der Waals surface area contributed by atoms with Crippen molar-refractivity contribution in [2.75, 3.05) is 10.6 Å². The molecule has 3 aromatic carbocycles. The van der Waals surface area contributed by atoms with Crippen molar-refractivity contribution in [1.29, 1.82) is 5.26 Å². The van der Waals surface area contributed by atoms with Crippen LogP contribution in [0.1, 0.15) is 0 Å². The van der Waals surface area contributed by atoms with Crippen molar-refractivity contribution >= 4 is 29.0 Å². The predicted molar refractivity (Wildman–Crippen MR) is 109 cm³/mol. The van der Waals surface area contributed by atoms with Crippen LogP contribution < -0.4 is 10.6 Å². The zero-order valence-corrected chi connectivity index (χ0v) is 15.2. The van der Waals surface area contributed by atoms with Crippen LogP contribution >= 0.6 is 11.8 Å². The van der Waals surface area contributed by atoms with E-state index in [4.69, 9.17) is 0 Å². The number of hydrogen-bond donors (Lipinski definition) is 2. The second-order valence-electron chi connectivity index (χ2n) is 5.55. The summed E-state index contributed by atoms with van der Waals surface area (Å²) >= 11 is 1.55. The highest BCUT2D eigenvalue weighted by atomic mass is 32.2. The van der Waals surface area contributed by atoms with Gasteiger partial charge in [0.15, 0.2) is 0 Å². The van der Waals surface area contributed by atoms with Crippen molar-refractivity contribution in [3.63, 3.8) is 0 Å². The average Bonchev–Trinajstić information content (AvgIpc) is 2.71. The highest BCUT2D eigenvalue weighted by molar-refractivity contribution is 7.99. The minimum absolute atomic E-state index is 0.00151. The average molecular weight is 371 g/mol. The Morgan fingerprint density at radius 2 is 1.52 bits per heavy atom. The van der Waals surface area contributed by atoms with Gasteiger partial charge in [-0.25, -0.2) is 0 Å². The van der Waals surface area contributed by atoms with Gasteiger partial charge in [-0.2, -0.15) is 5.26 Å². The molecule has 0 aliphatic heterocycles. The SMILES string of the molecule is N#C/C(=C/Nc1ccccc1)C(=O)Nc1ccccc1Sc1ccccc1. The van der Waals surface area contributed by atoms with E-state index in [9.17, 15) is 10.1 Å². The number of carbonyl (C=O) groups is 1. The lowest BCUT2D eigenvalue weighted by atomic mass is 10.2. The molecule has 2 N–H and O–H groups in total. The fourth-order valence-corrected chi connectivity index (χ4v) is 3.23. The van der Waals surface area contributed by atoms with Crippen LogP contribution in [0.3, 0.4) is 0 Å². The second kappa shape index (κ2) is 9.27. The highest BCUT2D eigenvalue weighted by Crippen LogP contribution is 2.33. The topological polar surface area (TPSA) is 64.9 Å². The van der Waals surface area contributed by atoms with Crippen molar-refractivity contribution in [2.24, 2.45) is 0 Å². The Morgan fingerprint density at radius 3 is 2.22 bits per heavy atom. The first-order chi connectivity index (χ1) is 13.3. The normalized spacial score (nSPS) is 10.7. The van der Waals surface area contributed by atoms with Crippen LogP contribution in [0.2, 0.25) is 0 Å². The van der Waals surface area contributed by atoms with Gasteiger partial charge in [-0.1, -0.05) is 60.3 Å². The molecule has 0 saturated heterocycles. The Hall–Kier alpha value is -3.49. The van der Waals surface area contributed by atoms with Gasteiger partial charge in [0.25, 0.3) is 5.91 Å². The van der Waals surface area contributed by atoms with Crippen molar-refractivity contribution in [3.05, 3.63) is 96.7 Å². The standard InChI is InChI=1S/C22H17N3OS/c23-15-17(16-24-18-9-3-1-4-10-18)22(26)25-20-13-7-8-14-21(20)27-19-11-5-2-6-12-19/h1-14,16,24H,(H,25,26)/b17-16-. The van der Waals surface area contributed by atoms with Gasteiger partial charge in [0.2, 0.25) is 0 Å². The van der Waals surface area contributed by atoms with Gasteiger partial charge in [0.05, 0.1) is 5.69 Å². The lowest BCUT2D eigenvalue weighted by molar-refractivity contribution is -0.112. The van der Waals surface area contributed by atoms with Crippen LogP contribution in [0.15, 0.2) is 106 Å². The Balaban J connectivity index is 1.74. The molecule has 4 nitrogen and oxygen atoms in total. The van der Waals surface area contributed by atoms with Crippen LogP contribution in [-0.2, 0) is 4.79 Å². The number of nitrogens with zero attached hydrogens (tertiary/aromatic N) is 1. The summed E-state index contributed by atoms with van der Waals surface area (Å²) in [5.74, 6) is -0.456. The molecule has 27 heavy (non-hydrogen) atoms. The summed E-state index contributed by atoms with van der Waals surface area (Å²) in [5, 5.41) is 15.1. The molecule has 1 amide bonds. The second-order valence-corrected chi connectivity index (χ2v) is 6.66. The van der Waals surface area contributed by atoms with E-state index in [0.717, 1.165) is 15.5 Å². The van der Waals surface area contributed by atoms with Gasteiger partial charge in [0.1, 0.15) is 11.6 Å². The molecule has 0 unspecified atom stereocenters. The maximum atomic E-state index is 12.5. The third-order valence-corrected chi connectivity index (χ3v) is 4.71.